The standard InChI is InChI=1S/C21H29N7O2.HI/c1-3-20(30)27-11-8-18(14-27)26-21(22-2)23-13-16-6-4-7-17(12-16)25-19(29)15-28-10-5-9-24-28;/h4-7,9-10,12,18H,3,8,11,13-15H2,1-2H3,(H,25,29)(H2,22,23,26);1H. The van der Waals surface area contributed by atoms with Gasteiger partial charge in [-0.3, -0.25) is 19.3 Å². The lowest BCUT2D eigenvalue weighted by Gasteiger charge is -2.19. The quantitative estimate of drug-likeness (QED) is 0.283. The maximum absolute atomic E-state index is 12.1. The number of guanidine groups is 1. The molecule has 1 atom stereocenters. The Balaban J connectivity index is 0.00000341. The Hall–Kier alpha value is -2.63. The molecule has 1 aliphatic heterocycles. The SMILES string of the molecule is CCC(=O)N1CCC(NC(=NC)NCc2cccc(NC(=O)Cn3cccn3)c2)C1.I. The van der Waals surface area contributed by atoms with Crippen LogP contribution in [0, 0.1) is 0 Å². The van der Waals surface area contributed by atoms with E-state index in [0.29, 0.717) is 25.5 Å². The molecule has 1 aromatic heterocycles. The number of carbonyl (C=O) groups is 2. The van der Waals surface area contributed by atoms with E-state index in [0.717, 1.165) is 24.2 Å². The van der Waals surface area contributed by atoms with Gasteiger partial charge in [0.05, 0.1) is 0 Å². The molecule has 31 heavy (non-hydrogen) atoms. The summed E-state index contributed by atoms with van der Waals surface area (Å²) in [6.07, 6.45) is 4.84. The maximum atomic E-state index is 12.1. The molecule has 0 bridgehead atoms. The monoisotopic (exact) mass is 539 g/mol. The van der Waals surface area contributed by atoms with Crippen molar-refractivity contribution < 1.29 is 9.59 Å². The fourth-order valence-electron chi connectivity index (χ4n) is 3.40. The molecule has 3 N–H and O–H groups in total. The highest BCUT2D eigenvalue weighted by Gasteiger charge is 2.25. The van der Waals surface area contributed by atoms with Crippen LogP contribution in [0.1, 0.15) is 25.3 Å². The highest BCUT2D eigenvalue weighted by atomic mass is 127. The van der Waals surface area contributed by atoms with Crippen molar-refractivity contribution >= 4 is 47.4 Å². The van der Waals surface area contributed by atoms with Gasteiger partial charge in [-0.25, -0.2) is 0 Å². The number of hydrogen-bond donors (Lipinski definition) is 3. The maximum Gasteiger partial charge on any atom is 0.246 e. The fourth-order valence-corrected chi connectivity index (χ4v) is 3.40. The minimum absolute atomic E-state index is 0. The van der Waals surface area contributed by atoms with Crippen molar-refractivity contribution in [1.29, 1.82) is 0 Å². The first-order chi connectivity index (χ1) is 14.6. The number of likely N-dealkylation sites (tertiary alicyclic amines) is 1. The van der Waals surface area contributed by atoms with Gasteiger partial charge in [-0.15, -0.1) is 24.0 Å². The lowest BCUT2D eigenvalue weighted by Crippen LogP contribution is -2.44. The zero-order valence-corrected chi connectivity index (χ0v) is 20.2. The summed E-state index contributed by atoms with van der Waals surface area (Å²) >= 11 is 0. The van der Waals surface area contributed by atoms with E-state index in [9.17, 15) is 9.59 Å². The van der Waals surface area contributed by atoms with Crippen LogP contribution in [0.25, 0.3) is 0 Å². The van der Waals surface area contributed by atoms with Crippen molar-refractivity contribution in [2.75, 3.05) is 25.5 Å². The van der Waals surface area contributed by atoms with Crippen LogP contribution >= 0.6 is 24.0 Å². The van der Waals surface area contributed by atoms with E-state index < -0.39 is 0 Å². The zero-order chi connectivity index (χ0) is 21.3. The van der Waals surface area contributed by atoms with Gasteiger partial charge in [0.15, 0.2) is 5.96 Å². The van der Waals surface area contributed by atoms with Crippen LogP contribution < -0.4 is 16.0 Å². The molecule has 1 aromatic carbocycles. The summed E-state index contributed by atoms with van der Waals surface area (Å²) in [5.74, 6) is 0.751. The predicted octanol–water partition coefficient (Wildman–Crippen LogP) is 1.82. The lowest BCUT2D eigenvalue weighted by atomic mass is 10.2. The van der Waals surface area contributed by atoms with Gasteiger partial charge in [0.2, 0.25) is 11.8 Å². The summed E-state index contributed by atoms with van der Waals surface area (Å²) in [5, 5.41) is 13.6. The Morgan fingerprint density at radius 3 is 2.84 bits per heavy atom. The number of halogens is 1. The largest absolute Gasteiger partial charge is 0.352 e. The molecular formula is C21H30IN7O2. The number of nitrogens with one attached hydrogen (secondary N) is 3. The zero-order valence-electron chi connectivity index (χ0n) is 17.9. The second-order valence-electron chi connectivity index (χ2n) is 7.20. The van der Waals surface area contributed by atoms with Crippen LogP contribution in [-0.4, -0.2) is 58.6 Å². The summed E-state index contributed by atoms with van der Waals surface area (Å²) in [6, 6.07) is 9.65. The summed E-state index contributed by atoms with van der Waals surface area (Å²) < 4.78 is 1.58. The summed E-state index contributed by atoms with van der Waals surface area (Å²) in [6.45, 7) is 4.10. The summed E-state index contributed by atoms with van der Waals surface area (Å²) in [7, 11) is 1.73. The summed E-state index contributed by atoms with van der Waals surface area (Å²) in [5.41, 5.74) is 1.75. The lowest BCUT2D eigenvalue weighted by molar-refractivity contribution is -0.129. The Morgan fingerprint density at radius 1 is 1.29 bits per heavy atom. The van der Waals surface area contributed by atoms with Crippen LogP contribution in [0.4, 0.5) is 5.69 Å². The van der Waals surface area contributed by atoms with Crippen molar-refractivity contribution in [3.05, 3.63) is 48.3 Å². The topological polar surface area (TPSA) is 104 Å². The summed E-state index contributed by atoms with van der Waals surface area (Å²) in [4.78, 5) is 30.2. The third-order valence-electron chi connectivity index (χ3n) is 4.94. The van der Waals surface area contributed by atoms with Crippen LogP contribution in [0.2, 0.25) is 0 Å². The first-order valence-corrected chi connectivity index (χ1v) is 10.2. The smallest absolute Gasteiger partial charge is 0.246 e. The van der Waals surface area contributed by atoms with Crippen molar-refractivity contribution in [3.63, 3.8) is 0 Å². The van der Waals surface area contributed by atoms with Crippen molar-refractivity contribution in [3.8, 4) is 0 Å². The molecular weight excluding hydrogens is 509 g/mol. The minimum atomic E-state index is -0.131. The predicted molar refractivity (Wildman–Crippen MR) is 131 cm³/mol. The van der Waals surface area contributed by atoms with Gasteiger partial charge in [-0.2, -0.15) is 5.10 Å². The Labute approximate surface area is 199 Å². The number of nitrogens with zero attached hydrogens (tertiary/aromatic N) is 4. The molecule has 2 heterocycles. The van der Waals surface area contributed by atoms with Crippen LogP contribution in [0.3, 0.4) is 0 Å². The van der Waals surface area contributed by atoms with Crippen molar-refractivity contribution in [2.24, 2.45) is 4.99 Å². The molecule has 2 aromatic rings. The average Bonchev–Trinajstić information content (AvgIpc) is 3.42. The van der Waals surface area contributed by atoms with Gasteiger partial charge in [-0.1, -0.05) is 19.1 Å². The highest BCUT2D eigenvalue weighted by molar-refractivity contribution is 14.0. The number of aromatic nitrogens is 2. The molecule has 0 saturated carbocycles. The minimum Gasteiger partial charge on any atom is -0.352 e. The molecule has 9 nitrogen and oxygen atoms in total. The van der Waals surface area contributed by atoms with Gasteiger partial charge in [0.25, 0.3) is 0 Å². The number of hydrogen-bond acceptors (Lipinski definition) is 4. The van der Waals surface area contributed by atoms with E-state index in [4.69, 9.17) is 0 Å². The van der Waals surface area contributed by atoms with Crippen molar-refractivity contribution in [1.82, 2.24) is 25.3 Å². The molecule has 1 saturated heterocycles. The molecule has 1 unspecified atom stereocenters. The third kappa shape index (κ3) is 7.53. The van der Waals surface area contributed by atoms with E-state index in [1.165, 1.54) is 0 Å². The number of rotatable bonds is 7. The molecule has 1 fully saturated rings. The molecule has 3 rings (SSSR count). The van der Waals surface area contributed by atoms with E-state index >= 15 is 0 Å². The molecule has 1 aliphatic rings. The second kappa shape index (κ2) is 12.3. The number of carbonyl (C=O) groups excluding carboxylic acids is 2. The van der Waals surface area contributed by atoms with Crippen LogP contribution in [0.5, 0.6) is 0 Å². The second-order valence-corrected chi connectivity index (χ2v) is 7.20. The number of amides is 2. The van der Waals surface area contributed by atoms with Gasteiger partial charge >= 0.3 is 0 Å². The first-order valence-electron chi connectivity index (χ1n) is 10.2. The number of aliphatic imine (C=N–C) groups is 1. The molecule has 0 spiro atoms. The van der Waals surface area contributed by atoms with Crippen LogP contribution in [-0.2, 0) is 22.7 Å². The average molecular weight is 539 g/mol. The van der Waals surface area contributed by atoms with Crippen molar-refractivity contribution in [2.45, 2.75) is 38.9 Å². The highest BCUT2D eigenvalue weighted by Crippen LogP contribution is 2.12. The van der Waals surface area contributed by atoms with E-state index in [1.807, 2.05) is 36.1 Å². The van der Waals surface area contributed by atoms with Gasteiger partial charge in [0.1, 0.15) is 6.54 Å². The van der Waals surface area contributed by atoms with E-state index in [1.54, 1.807) is 30.2 Å². The molecule has 2 amide bonds. The van der Waals surface area contributed by atoms with Gasteiger partial charge < -0.3 is 20.9 Å². The van der Waals surface area contributed by atoms with Gasteiger partial charge in [0, 0.05) is 57.2 Å². The third-order valence-corrected chi connectivity index (χ3v) is 4.94. The van der Waals surface area contributed by atoms with E-state index in [2.05, 4.69) is 26.0 Å². The number of benzene rings is 1. The van der Waals surface area contributed by atoms with Gasteiger partial charge in [-0.05, 0) is 30.2 Å². The molecule has 0 aliphatic carbocycles. The Bertz CT molecular complexity index is 886. The Morgan fingerprint density at radius 2 is 2.13 bits per heavy atom. The Kier molecular flexibility index (Phi) is 9.76. The molecule has 10 heteroatoms. The fraction of sp³-hybridized carbons (Fsp3) is 0.429. The molecule has 0 radical (unpaired) electrons. The first kappa shape index (κ1) is 24.6. The normalized spacial score (nSPS) is 15.9. The number of anilines is 1. The van der Waals surface area contributed by atoms with Crippen LogP contribution in [0.15, 0.2) is 47.7 Å². The molecule has 168 valence electrons. The van der Waals surface area contributed by atoms with E-state index in [-0.39, 0.29) is 48.4 Å².